The SMILES string of the molecule is COc1ccc(CCNC(=O)NCC[C@H](O)c2cc3ccccc3o2)cc1. The van der Waals surface area contributed by atoms with Crippen LogP contribution in [-0.2, 0) is 6.42 Å². The highest BCUT2D eigenvalue weighted by molar-refractivity contribution is 5.77. The third kappa shape index (κ3) is 5.24. The van der Waals surface area contributed by atoms with Crippen molar-refractivity contribution in [3.05, 3.63) is 65.9 Å². The molecule has 1 aromatic heterocycles. The molecule has 0 radical (unpaired) electrons. The van der Waals surface area contributed by atoms with Gasteiger partial charge < -0.3 is 24.9 Å². The summed E-state index contributed by atoms with van der Waals surface area (Å²) in [6.07, 6.45) is 0.363. The molecule has 0 aliphatic carbocycles. The number of fused-ring (bicyclic) bond motifs is 1. The number of carbonyl (C=O) groups excluding carboxylic acids is 1. The predicted molar refractivity (Wildman–Crippen MR) is 104 cm³/mol. The third-order valence-electron chi connectivity index (χ3n) is 4.33. The summed E-state index contributed by atoms with van der Waals surface area (Å²) in [6, 6.07) is 16.9. The van der Waals surface area contributed by atoms with Gasteiger partial charge in [0.1, 0.15) is 23.2 Å². The maximum absolute atomic E-state index is 11.8. The normalized spacial score (nSPS) is 11.9. The van der Waals surface area contributed by atoms with Crippen molar-refractivity contribution in [2.45, 2.75) is 18.9 Å². The molecule has 6 nitrogen and oxygen atoms in total. The van der Waals surface area contributed by atoms with Crippen LogP contribution in [0.25, 0.3) is 11.0 Å². The Morgan fingerprint density at radius 3 is 2.59 bits per heavy atom. The van der Waals surface area contributed by atoms with Gasteiger partial charge in [0, 0.05) is 18.5 Å². The maximum Gasteiger partial charge on any atom is 0.314 e. The molecule has 3 rings (SSSR count). The summed E-state index contributed by atoms with van der Waals surface area (Å²) >= 11 is 0. The number of aliphatic hydroxyl groups is 1. The van der Waals surface area contributed by atoms with E-state index < -0.39 is 6.10 Å². The molecule has 0 aliphatic heterocycles. The fourth-order valence-electron chi connectivity index (χ4n) is 2.81. The van der Waals surface area contributed by atoms with Crippen molar-refractivity contribution >= 4 is 17.0 Å². The fourth-order valence-corrected chi connectivity index (χ4v) is 2.81. The van der Waals surface area contributed by atoms with Crippen LogP contribution in [0.2, 0.25) is 0 Å². The molecule has 3 N–H and O–H groups in total. The van der Waals surface area contributed by atoms with E-state index in [2.05, 4.69) is 10.6 Å². The Bertz CT molecular complexity index is 840. The molecule has 0 unspecified atom stereocenters. The molecule has 0 aliphatic rings. The van der Waals surface area contributed by atoms with Crippen LogP contribution in [0.1, 0.15) is 23.8 Å². The number of urea groups is 1. The second-order valence-electron chi connectivity index (χ2n) is 6.27. The molecule has 0 saturated carbocycles. The van der Waals surface area contributed by atoms with E-state index in [1.54, 1.807) is 7.11 Å². The number of para-hydroxylation sites is 1. The molecule has 1 atom stereocenters. The minimum Gasteiger partial charge on any atom is -0.497 e. The van der Waals surface area contributed by atoms with Gasteiger partial charge in [0.05, 0.1) is 7.11 Å². The van der Waals surface area contributed by atoms with Gasteiger partial charge in [-0.15, -0.1) is 0 Å². The second kappa shape index (κ2) is 9.09. The topological polar surface area (TPSA) is 83.7 Å². The highest BCUT2D eigenvalue weighted by Gasteiger charge is 2.13. The summed E-state index contributed by atoms with van der Waals surface area (Å²) in [5, 5.41) is 16.7. The van der Waals surface area contributed by atoms with Crippen molar-refractivity contribution in [1.29, 1.82) is 0 Å². The Balaban J connectivity index is 1.36. The Labute approximate surface area is 158 Å². The lowest BCUT2D eigenvalue weighted by molar-refractivity contribution is 0.142. The summed E-state index contributed by atoms with van der Waals surface area (Å²) in [4.78, 5) is 11.8. The standard InChI is InChI=1S/C21H24N2O4/c1-26-17-8-6-15(7-9-17)10-12-22-21(25)23-13-11-18(24)20-14-16-4-2-3-5-19(16)27-20/h2-9,14,18,24H,10-13H2,1H3,(H2,22,23,25)/t18-/m0/s1. The van der Waals surface area contributed by atoms with Gasteiger partial charge in [0.25, 0.3) is 0 Å². The zero-order chi connectivity index (χ0) is 19.1. The number of hydrogen-bond acceptors (Lipinski definition) is 4. The van der Waals surface area contributed by atoms with E-state index >= 15 is 0 Å². The third-order valence-corrected chi connectivity index (χ3v) is 4.33. The number of rotatable bonds is 8. The summed E-state index contributed by atoms with van der Waals surface area (Å²) in [6.45, 7) is 0.886. The lowest BCUT2D eigenvalue weighted by atomic mass is 10.1. The van der Waals surface area contributed by atoms with Crippen LogP contribution in [0.5, 0.6) is 5.75 Å². The van der Waals surface area contributed by atoms with E-state index in [-0.39, 0.29) is 6.03 Å². The van der Waals surface area contributed by atoms with Crippen molar-refractivity contribution in [1.82, 2.24) is 10.6 Å². The fraction of sp³-hybridized carbons (Fsp3) is 0.286. The molecule has 142 valence electrons. The number of benzene rings is 2. The maximum atomic E-state index is 11.8. The zero-order valence-corrected chi connectivity index (χ0v) is 15.3. The highest BCUT2D eigenvalue weighted by Crippen LogP contribution is 2.25. The number of aliphatic hydroxyl groups excluding tert-OH is 1. The molecule has 0 spiro atoms. The van der Waals surface area contributed by atoms with Crippen molar-refractivity contribution in [3.63, 3.8) is 0 Å². The molecule has 27 heavy (non-hydrogen) atoms. The number of nitrogens with one attached hydrogen (secondary N) is 2. The molecule has 3 aromatic rings. The first-order chi connectivity index (χ1) is 13.2. The second-order valence-corrected chi connectivity index (χ2v) is 6.27. The summed E-state index contributed by atoms with van der Waals surface area (Å²) < 4.78 is 10.7. The quantitative estimate of drug-likeness (QED) is 0.569. The van der Waals surface area contributed by atoms with E-state index in [0.717, 1.165) is 28.7 Å². The number of amides is 2. The van der Waals surface area contributed by atoms with Crippen LogP contribution in [0.4, 0.5) is 4.79 Å². The average Bonchev–Trinajstić information content (AvgIpc) is 3.13. The number of ether oxygens (including phenoxy) is 1. The van der Waals surface area contributed by atoms with E-state index in [9.17, 15) is 9.90 Å². The van der Waals surface area contributed by atoms with Crippen molar-refractivity contribution in [3.8, 4) is 5.75 Å². The Morgan fingerprint density at radius 1 is 1.11 bits per heavy atom. The van der Waals surface area contributed by atoms with Gasteiger partial charge in [0.2, 0.25) is 0 Å². The van der Waals surface area contributed by atoms with Gasteiger partial charge >= 0.3 is 6.03 Å². The minimum atomic E-state index is -0.753. The lowest BCUT2D eigenvalue weighted by Gasteiger charge is -2.10. The van der Waals surface area contributed by atoms with Gasteiger partial charge in [-0.25, -0.2) is 4.79 Å². The average molecular weight is 368 g/mol. The van der Waals surface area contributed by atoms with Crippen LogP contribution in [0.3, 0.4) is 0 Å². The number of methoxy groups -OCH3 is 1. The van der Waals surface area contributed by atoms with Gasteiger partial charge in [-0.05, 0) is 42.7 Å². The summed E-state index contributed by atoms with van der Waals surface area (Å²) in [5.41, 5.74) is 1.87. The zero-order valence-electron chi connectivity index (χ0n) is 15.3. The number of hydrogen-bond donors (Lipinski definition) is 3. The molecule has 0 saturated heterocycles. The van der Waals surface area contributed by atoms with E-state index in [4.69, 9.17) is 9.15 Å². The smallest absolute Gasteiger partial charge is 0.314 e. The van der Waals surface area contributed by atoms with Crippen LogP contribution in [0.15, 0.2) is 59.0 Å². The van der Waals surface area contributed by atoms with Crippen molar-refractivity contribution in [2.75, 3.05) is 20.2 Å². The van der Waals surface area contributed by atoms with Crippen LogP contribution in [-0.4, -0.2) is 31.3 Å². The monoisotopic (exact) mass is 368 g/mol. The lowest BCUT2D eigenvalue weighted by Crippen LogP contribution is -2.37. The summed E-state index contributed by atoms with van der Waals surface area (Å²) in [7, 11) is 1.63. The van der Waals surface area contributed by atoms with Crippen LogP contribution >= 0.6 is 0 Å². The minimum absolute atomic E-state index is 0.250. The van der Waals surface area contributed by atoms with E-state index in [0.29, 0.717) is 25.3 Å². The van der Waals surface area contributed by atoms with Gasteiger partial charge in [-0.1, -0.05) is 30.3 Å². The number of carbonyl (C=O) groups is 1. The molecule has 1 heterocycles. The van der Waals surface area contributed by atoms with E-state index in [1.165, 1.54) is 0 Å². The molecule has 0 fully saturated rings. The Morgan fingerprint density at radius 2 is 1.85 bits per heavy atom. The summed E-state index contributed by atoms with van der Waals surface area (Å²) in [5.74, 6) is 1.32. The Kier molecular flexibility index (Phi) is 6.33. The Hall–Kier alpha value is -2.99. The first kappa shape index (κ1) is 18.8. The van der Waals surface area contributed by atoms with E-state index in [1.807, 2.05) is 54.6 Å². The van der Waals surface area contributed by atoms with Crippen LogP contribution in [0, 0.1) is 0 Å². The molecular weight excluding hydrogens is 344 g/mol. The largest absolute Gasteiger partial charge is 0.497 e. The van der Waals surface area contributed by atoms with Crippen molar-refractivity contribution < 1.29 is 19.1 Å². The van der Waals surface area contributed by atoms with Gasteiger partial charge in [0.15, 0.2) is 0 Å². The number of furan rings is 1. The van der Waals surface area contributed by atoms with Crippen LogP contribution < -0.4 is 15.4 Å². The predicted octanol–water partition coefficient (Wildman–Crippen LogP) is 3.41. The first-order valence-corrected chi connectivity index (χ1v) is 8.97. The molecule has 6 heteroatoms. The molecule has 2 amide bonds. The highest BCUT2D eigenvalue weighted by atomic mass is 16.5. The molecular formula is C21H24N2O4. The van der Waals surface area contributed by atoms with Gasteiger partial charge in [-0.2, -0.15) is 0 Å². The molecule has 2 aromatic carbocycles. The van der Waals surface area contributed by atoms with Gasteiger partial charge in [-0.3, -0.25) is 0 Å². The first-order valence-electron chi connectivity index (χ1n) is 8.97. The van der Waals surface area contributed by atoms with Crippen molar-refractivity contribution in [2.24, 2.45) is 0 Å². The molecule has 0 bridgehead atoms.